The van der Waals surface area contributed by atoms with Gasteiger partial charge in [0.1, 0.15) is 5.00 Å². The van der Waals surface area contributed by atoms with Crippen LogP contribution in [0.1, 0.15) is 5.69 Å². The maximum atomic E-state index is 10.4. The van der Waals surface area contributed by atoms with Gasteiger partial charge in [-0.15, -0.1) is 11.3 Å². The molecule has 0 bridgehead atoms. The lowest BCUT2D eigenvalue weighted by molar-refractivity contribution is -0.136. The van der Waals surface area contributed by atoms with E-state index in [4.69, 9.17) is 5.11 Å². The van der Waals surface area contributed by atoms with Crippen molar-refractivity contribution in [2.24, 2.45) is 0 Å². The number of aromatic nitrogens is 3. The average Bonchev–Trinajstić information content (AvgIpc) is 2.69. The molecular formula is C8H7N3O2S. The SMILES string of the molecule is O=C(O)Cc1ccn(-c2cncs2)n1. The van der Waals surface area contributed by atoms with Gasteiger partial charge >= 0.3 is 5.97 Å². The van der Waals surface area contributed by atoms with Crippen LogP contribution in [0.25, 0.3) is 5.00 Å². The zero-order valence-electron chi connectivity index (χ0n) is 7.12. The highest BCUT2D eigenvalue weighted by atomic mass is 32.1. The van der Waals surface area contributed by atoms with E-state index in [9.17, 15) is 4.79 Å². The standard InChI is InChI=1S/C8H7N3O2S/c12-8(13)3-6-1-2-11(10-6)7-4-9-5-14-7/h1-2,4-5H,3H2,(H,12,13). The lowest BCUT2D eigenvalue weighted by Gasteiger charge is -1.93. The molecule has 72 valence electrons. The van der Waals surface area contributed by atoms with E-state index in [1.165, 1.54) is 11.3 Å². The van der Waals surface area contributed by atoms with E-state index < -0.39 is 5.97 Å². The lowest BCUT2D eigenvalue weighted by Crippen LogP contribution is -2.01. The summed E-state index contributed by atoms with van der Waals surface area (Å²) in [7, 11) is 0. The first-order chi connectivity index (χ1) is 6.75. The van der Waals surface area contributed by atoms with Crippen molar-refractivity contribution in [3.05, 3.63) is 29.7 Å². The summed E-state index contributed by atoms with van der Waals surface area (Å²) in [6, 6.07) is 1.69. The van der Waals surface area contributed by atoms with Gasteiger partial charge in [0.25, 0.3) is 0 Å². The van der Waals surface area contributed by atoms with Crippen molar-refractivity contribution in [2.75, 3.05) is 0 Å². The van der Waals surface area contributed by atoms with Crippen LogP contribution in [-0.4, -0.2) is 25.8 Å². The normalized spacial score (nSPS) is 10.3. The van der Waals surface area contributed by atoms with E-state index in [0.29, 0.717) is 5.69 Å². The van der Waals surface area contributed by atoms with Crippen molar-refractivity contribution in [3.8, 4) is 5.00 Å². The molecule has 2 aromatic heterocycles. The van der Waals surface area contributed by atoms with Crippen LogP contribution < -0.4 is 0 Å². The Bertz CT molecular complexity index is 435. The summed E-state index contributed by atoms with van der Waals surface area (Å²) in [5, 5.41) is 13.5. The molecule has 0 aliphatic heterocycles. The van der Waals surface area contributed by atoms with Gasteiger partial charge in [-0.2, -0.15) is 5.10 Å². The van der Waals surface area contributed by atoms with Gasteiger partial charge in [0.05, 0.1) is 23.8 Å². The van der Waals surface area contributed by atoms with Crippen LogP contribution in [0.15, 0.2) is 24.0 Å². The average molecular weight is 209 g/mol. The van der Waals surface area contributed by atoms with Crippen LogP contribution in [0.5, 0.6) is 0 Å². The van der Waals surface area contributed by atoms with E-state index in [1.54, 1.807) is 28.7 Å². The molecule has 2 rings (SSSR count). The topological polar surface area (TPSA) is 68.0 Å². The van der Waals surface area contributed by atoms with E-state index in [1.807, 2.05) is 0 Å². The van der Waals surface area contributed by atoms with Gasteiger partial charge in [-0.3, -0.25) is 9.78 Å². The molecule has 0 unspecified atom stereocenters. The summed E-state index contributed by atoms with van der Waals surface area (Å²) in [6.07, 6.45) is 3.36. The number of carboxylic acid groups (broad SMARTS) is 1. The zero-order valence-corrected chi connectivity index (χ0v) is 7.94. The van der Waals surface area contributed by atoms with E-state index in [2.05, 4.69) is 10.1 Å². The second-order valence-electron chi connectivity index (χ2n) is 2.66. The Morgan fingerprint density at radius 1 is 1.64 bits per heavy atom. The number of carbonyl (C=O) groups is 1. The summed E-state index contributed by atoms with van der Waals surface area (Å²) in [4.78, 5) is 14.3. The van der Waals surface area contributed by atoms with Gasteiger partial charge in [-0.05, 0) is 6.07 Å². The Balaban J connectivity index is 2.22. The van der Waals surface area contributed by atoms with Gasteiger partial charge < -0.3 is 5.11 Å². The van der Waals surface area contributed by atoms with E-state index in [-0.39, 0.29) is 6.42 Å². The minimum absolute atomic E-state index is 0.0498. The fraction of sp³-hybridized carbons (Fsp3) is 0.125. The minimum atomic E-state index is -0.875. The number of nitrogens with zero attached hydrogens (tertiary/aromatic N) is 3. The third-order valence-corrected chi connectivity index (χ3v) is 2.38. The van der Waals surface area contributed by atoms with Crippen molar-refractivity contribution < 1.29 is 9.90 Å². The Kier molecular flexibility index (Phi) is 2.28. The lowest BCUT2D eigenvalue weighted by atomic mass is 10.3. The second kappa shape index (κ2) is 3.59. The minimum Gasteiger partial charge on any atom is -0.481 e. The smallest absolute Gasteiger partial charge is 0.309 e. The van der Waals surface area contributed by atoms with Crippen LogP contribution in [-0.2, 0) is 11.2 Å². The van der Waals surface area contributed by atoms with Crippen LogP contribution in [0.2, 0.25) is 0 Å². The molecule has 5 nitrogen and oxygen atoms in total. The molecule has 0 spiro atoms. The predicted molar refractivity (Wildman–Crippen MR) is 50.6 cm³/mol. The highest BCUT2D eigenvalue weighted by Gasteiger charge is 2.05. The van der Waals surface area contributed by atoms with Crippen molar-refractivity contribution in [2.45, 2.75) is 6.42 Å². The fourth-order valence-corrected chi connectivity index (χ4v) is 1.62. The Morgan fingerprint density at radius 3 is 3.14 bits per heavy atom. The maximum Gasteiger partial charge on any atom is 0.309 e. The summed E-state index contributed by atoms with van der Waals surface area (Å²) >= 11 is 1.45. The first-order valence-corrected chi connectivity index (χ1v) is 4.79. The summed E-state index contributed by atoms with van der Waals surface area (Å²) < 4.78 is 1.62. The van der Waals surface area contributed by atoms with Gasteiger partial charge in [-0.1, -0.05) is 0 Å². The first kappa shape index (κ1) is 8.89. The summed E-state index contributed by atoms with van der Waals surface area (Å²) in [5.74, 6) is -0.875. The van der Waals surface area contributed by atoms with Crippen molar-refractivity contribution in [1.29, 1.82) is 0 Å². The summed E-state index contributed by atoms with van der Waals surface area (Å²) in [6.45, 7) is 0. The Hall–Kier alpha value is -1.69. The molecule has 1 N–H and O–H groups in total. The maximum absolute atomic E-state index is 10.4. The van der Waals surface area contributed by atoms with Gasteiger partial charge in [0.15, 0.2) is 0 Å². The fourth-order valence-electron chi connectivity index (χ4n) is 1.06. The third-order valence-electron chi connectivity index (χ3n) is 1.62. The highest BCUT2D eigenvalue weighted by Crippen LogP contribution is 2.11. The largest absolute Gasteiger partial charge is 0.481 e. The van der Waals surface area contributed by atoms with E-state index >= 15 is 0 Å². The molecule has 6 heteroatoms. The number of rotatable bonds is 3. The van der Waals surface area contributed by atoms with E-state index in [0.717, 1.165) is 5.00 Å². The Labute approximate surface area is 83.6 Å². The third kappa shape index (κ3) is 1.80. The molecule has 14 heavy (non-hydrogen) atoms. The molecule has 2 aromatic rings. The molecule has 2 heterocycles. The quantitative estimate of drug-likeness (QED) is 0.817. The van der Waals surface area contributed by atoms with Crippen molar-refractivity contribution >= 4 is 17.3 Å². The molecule has 0 atom stereocenters. The number of hydrogen-bond donors (Lipinski definition) is 1. The molecule has 0 aliphatic carbocycles. The summed E-state index contributed by atoms with van der Waals surface area (Å²) in [5.41, 5.74) is 2.25. The molecule has 0 aromatic carbocycles. The monoisotopic (exact) mass is 209 g/mol. The molecular weight excluding hydrogens is 202 g/mol. The van der Waals surface area contributed by atoms with Crippen molar-refractivity contribution in [3.63, 3.8) is 0 Å². The Morgan fingerprint density at radius 2 is 2.50 bits per heavy atom. The molecule has 0 aliphatic rings. The highest BCUT2D eigenvalue weighted by molar-refractivity contribution is 7.12. The van der Waals surface area contributed by atoms with Crippen LogP contribution in [0, 0.1) is 0 Å². The van der Waals surface area contributed by atoms with Crippen LogP contribution in [0.4, 0.5) is 0 Å². The molecule has 0 saturated heterocycles. The second-order valence-corrected chi connectivity index (χ2v) is 3.53. The van der Waals surface area contributed by atoms with Crippen molar-refractivity contribution in [1.82, 2.24) is 14.8 Å². The number of thiazole rings is 1. The van der Waals surface area contributed by atoms with Crippen LogP contribution >= 0.6 is 11.3 Å². The van der Waals surface area contributed by atoms with Gasteiger partial charge in [0, 0.05) is 6.20 Å². The molecule has 0 saturated carbocycles. The number of aliphatic carboxylic acids is 1. The zero-order chi connectivity index (χ0) is 9.97. The first-order valence-electron chi connectivity index (χ1n) is 3.91. The molecule has 0 amide bonds. The molecule has 0 fully saturated rings. The van der Waals surface area contributed by atoms with Gasteiger partial charge in [0.2, 0.25) is 0 Å². The molecule has 0 radical (unpaired) electrons. The number of carboxylic acids is 1. The predicted octanol–water partition coefficient (Wildman–Crippen LogP) is 0.956. The van der Waals surface area contributed by atoms with Gasteiger partial charge in [-0.25, -0.2) is 4.68 Å². The van der Waals surface area contributed by atoms with Crippen LogP contribution in [0.3, 0.4) is 0 Å². The number of hydrogen-bond acceptors (Lipinski definition) is 4.